The van der Waals surface area contributed by atoms with E-state index in [0.29, 0.717) is 29.1 Å². The van der Waals surface area contributed by atoms with Gasteiger partial charge in [0.2, 0.25) is 0 Å². The first-order valence-electron chi connectivity index (χ1n) is 17.3. The maximum absolute atomic E-state index is 12.6. The summed E-state index contributed by atoms with van der Waals surface area (Å²) >= 11 is 0. The number of unbranched alkanes of at least 4 members (excludes halogenated alkanes) is 3. The molecule has 2 nitrogen and oxygen atoms in total. The average Bonchev–Trinajstić information content (AvgIpc) is 3.28. The highest BCUT2D eigenvalue weighted by Gasteiger charge is 2.59. The first-order valence-corrected chi connectivity index (χ1v) is 17.3. The molecule has 226 valence electrons. The quantitative estimate of drug-likeness (QED) is 0.137. The van der Waals surface area contributed by atoms with Gasteiger partial charge in [-0.1, -0.05) is 90.8 Å². The molecule has 4 rings (SSSR count). The fourth-order valence-electron chi connectivity index (χ4n) is 9.52. The maximum Gasteiger partial charge on any atom is 0.306 e. The minimum atomic E-state index is 0.0248. The van der Waals surface area contributed by atoms with Crippen molar-refractivity contribution in [1.82, 2.24) is 0 Å². The van der Waals surface area contributed by atoms with Crippen LogP contribution in [0.5, 0.6) is 0 Å². The van der Waals surface area contributed by atoms with Crippen molar-refractivity contribution >= 4 is 5.97 Å². The van der Waals surface area contributed by atoms with E-state index in [-0.39, 0.29) is 12.1 Å². The molecule has 0 aromatic rings. The molecule has 2 heteroatoms. The van der Waals surface area contributed by atoms with Crippen LogP contribution in [0.25, 0.3) is 0 Å². The van der Waals surface area contributed by atoms with E-state index in [9.17, 15) is 4.79 Å². The lowest BCUT2D eigenvalue weighted by molar-refractivity contribution is -0.151. The monoisotopic (exact) mass is 550 g/mol. The molecular weight excluding hydrogens is 488 g/mol. The third-order valence-electron chi connectivity index (χ3n) is 12.5. The van der Waals surface area contributed by atoms with E-state index in [2.05, 4.69) is 78.8 Å². The van der Waals surface area contributed by atoms with Crippen molar-refractivity contribution < 1.29 is 9.53 Å². The Morgan fingerprint density at radius 2 is 1.75 bits per heavy atom. The second kappa shape index (κ2) is 13.8. The molecule has 0 amide bonds. The number of allylic oxidation sites excluding steroid dienone is 5. The van der Waals surface area contributed by atoms with E-state index >= 15 is 0 Å². The van der Waals surface area contributed by atoms with Crippen LogP contribution in [0, 0.1) is 52.3 Å². The lowest BCUT2D eigenvalue weighted by Crippen LogP contribution is -2.51. The second-order valence-electron chi connectivity index (χ2n) is 15.2. The van der Waals surface area contributed by atoms with Gasteiger partial charge in [-0.3, -0.25) is 4.79 Å². The van der Waals surface area contributed by atoms with Crippen LogP contribution in [0.15, 0.2) is 36.0 Å². The van der Waals surface area contributed by atoms with Crippen LogP contribution < -0.4 is 0 Å². The number of carbonyl (C=O) groups excluding carboxylic acids is 1. The van der Waals surface area contributed by atoms with Gasteiger partial charge in [0, 0.05) is 12.8 Å². The summed E-state index contributed by atoms with van der Waals surface area (Å²) in [5.41, 5.74) is 2.43. The normalized spacial score (nSPS) is 37.2. The molecule has 0 heterocycles. The summed E-state index contributed by atoms with van der Waals surface area (Å²) in [5, 5.41) is 0. The predicted octanol–water partition coefficient (Wildman–Crippen LogP) is 10.9. The van der Waals surface area contributed by atoms with Crippen molar-refractivity contribution in [3.63, 3.8) is 0 Å². The zero-order valence-corrected chi connectivity index (χ0v) is 27.2. The van der Waals surface area contributed by atoms with Gasteiger partial charge in [-0.05, 0) is 123 Å². The molecule has 40 heavy (non-hydrogen) atoms. The molecule has 0 aromatic carbocycles. The van der Waals surface area contributed by atoms with Crippen LogP contribution in [0.1, 0.15) is 138 Å². The number of ether oxygens (including phenoxy) is 1. The van der Waals surface area contributed by atoms with Gasteiger partial charge in [-0.25, -0.2) is 0 Å². The summed E-state index contributed by atoms with van der Waals surface area (Å²) in [7, 11) is 0. The Balaban J connectivity index is 1.32. The molecule has 3 saturated carbocycles. The van der Waals surface area contributed by atoms with E-state index in [1.54, 1.807) is 5.57 Å². The Morgan fingerprint density at radius 3 is 2.50 bits per heavy atom. The predicted molar refractivity (Wildman–Crippen MR) is 170 cm³/mol. The van der Waals surface area contributed by atoms with E-state index < -0.39 is 0 Å². The van der Waals surface area contributed by atoms with Crippen LogP contribution in [0.4, 0.5) is 0 Å². The molecule has 0 bridgehead atoms. The maximum atomic E-state index is 12.6. The Hall–Kier alpha value is -1.31. The van der Waals surface area contributed by atoms with Crippen LogP contribution in [-0.2, 0) is 9.53 Å². The molecule has 0 radical (unpaired) electrons. The molecule has 9 atom stereocenters. The molecule has 0 aliphatic heterocycles. The molecule has 9 unspecified atom stereocenters. The highest BCUT2D eigenvalue weighted by Crippen LogP contribution is 2.67. The number of carbonyl (C=O) groups is 1. The molecule has 4 aliphatic carbocycles. The highest BCUT2D eigenvalue weighted by atomic mass is 16.5. The van der Waals surface area contributed by atoms with Gasteiger partial charge >= 0.3 is 5.97 Å². The number of fused-ring (bicyclic) bond motifs is 5. The van der Waals surface area contributed by atoms with Gasteiger partial charge in [0.15, 0.2) is 0 Å². The minimum absolute atomic E-state index is 0.0248. The zero-order valence-electron chi connectivity index (χ0n) is 27.2. The summed E-state index contributed by atoms with van der Waals surface area (Å²) in [6.45, 7) is 17.0. The number of hydrogen-bond donors (Lipinski definition) is 0. The SMILES string of the molecule is CCC/C=C\CCCCC(=O)OC1CCC2(C)C(=CCC3C2CCC2(C)C(C(C)/C=C/C(C)C(C)C)CCC32)C1. The first-order chi connectivity index (χ1) is 19.1. The van der Waals surface area contributed by atoms with Gasteiger partial charge in [-0.15, -0.1) is 0 Å². The molecule has 0 saturated heterocycles. The van der Waals surface area contributed by atoms with E-state index in [0.717, 1.165) is 68.1 Å². The van der Waals surface area contributed by atoms with Crippen molar-refractivity contribution in [3.05, 3.63) is 36.0 Å². The summed E-state index contributed by atoms with van der Waals surface area (Å²) in [5.74, 6) is 5.44. The van der Waals surface area contributed by atoms with Crippen molar-refractivity contribution in [2.75, 3.05) is 0 Å². The van der Waals surface area contributed by atoms with E-state index in [1.807, 2.05) is 0 Å². The van der Waals surface area contributed by atoms with Crippen LogP contribution in [0.2, 0.25) is 0 Å². The third kappa shape index (κ3) is 6.83. The van der Waals surface area contributed by atoms with Crippen LogP contribution in [-0.4, -0.2) is 12.1 Å². The fraction of sp³-hybridized carbons (Fsp3) is 0.816. The molecule has 4 aliphatic rings. The topological polar surface area (TPSA) is 26.3 Å². The average molecular weight is 551 g/mol. The summed E-state index contributed by atoms with van der Waals surface area (Å²) in [4.78, 5) is 12.6. The van der Waals surface area contributed by atoms with Gasteiger partial charge in [-0.2, -0.15) is 0 Å². The molecule has 0 N–H and O–H groups in total. The number of esters is 1. The largest absolute Gasteiger partial charge is 0.462 e. The zero-order chi connectivity index (χ0) is 28.9. The Labute approximate surface area is 247 Å². The fourth-order valence-corrected chi connectivity index (χ4v) is 9.52. The van der Waals surface area contributed by atoms with E-state index in [1.165, 1.54) is 44.9 Å². The van der Waals surface area contributed by atoms with Crippen molar-refractivity contribution in [1.29, 1.82) is 0 Å². The Bertz CT molecular complexity index is 926. The first kappa shape index (κ1) is 31.6. The van der Waals surface area contributed by atoms with Crippen molar-refractivity contribution in [3.8, 4) is 0 Å². The summed E-state index contributed by atoms with van der Waals surface area (Å²) < 4.78 is 6.04. The Kier molecular flexibility index (Phi) is 10.9. The lowest BCUT2D eigenvalue weighted by atomic mass is 9.47. The third-order valence-corrected chi connectivity index (χ3v) is 12.5. The Morgan fingerprint density at radius 1 is 0.975 bits per heavy atom. The summed E-state index contributed by atoms with van der Waals surface area (Å²) in [6, 6.07) is 0. The smallest absolute Gasteiger partial charge is 0.306 e. The molecule has 0 spiro atoms. The second-order valence-corrected chi connectivity index (χ2v) is 15.2. The lowest BCUT2D eigenvalue weighted by Gasteiger charge is -2.58. The van der Waals surface area contributed by atoms with Gasteiger partial charge in [0.1, 0.15) is 6.10 Å². The van der Waals surface area contributed by atoms with Crippen molar-refractivity contribution in [2.24, 2.45) is 52.3 Å². The standard InChI is InChI=1S/C38H62O2/c1-8-9-10-11-12-13-14-15-36(39)40-31-22-24-37(6)30(26-31)18-19-32-34-21-20-33(38(34,7)25-23-35(32)37)29(5)17-16-28(4)27(2)3/h10-11,16-18,27-29,31-35H,8-9,12-15,19-26H2,1-7H3/b11-10-,17-16+. The van der Waals surface area contributed by atoms with Gasteiger partial charge in [0.25, 0.3) is 0 Å². The van der Waals surface area contributed by atoms with Crippen molar-refractivity contribution in [2.45, 2.75) is 144 Å². The number of hydrogen-bond acceptors (Lipinski definition) is 2. The minimum Gasteiger partial charge on any atom is -0.462 e. The number of rotatable bonds is 12. The highest BCUT2D eigenvalue weighted by molar-refractivity contribution is 5.69. The molecule has 0 aromatic heterocycles. The van der Waals surface area contributed by atoms with Gasteiger partial charge in [0.05, 0.1) is 0 Å². The summed E-state index contributed by atoms with van der Waals surface area (Å²) in [6.07, 6.45) is 28.5. The van der Waals surface area contributed by atoms with Crippen LogP contribution in [0.3, 0.4) is 0 Å². The van der Waals surface area contributed by atoms with Gasteiger partial charge < -0.3 is 4.74 Å². The van der Waals surface area contributed by atoms with E-state index in [4.69, 9.17) is 4.74 Å². The van der Waals surface area contributed by atoms with Crippen LogP contribution >= 0.6 is 0 Å². The molecule has 3 fully saturated rings. The molecular formula is C38H62O2.